The second kappa shape index (κ2) is 7.98. The molecule has 1 aliphatic heterocycles. The average molecular weight is 408 g/mol. The first-order valence-corrected chi connectivity index (χ1v) is 10.1. The van der Waals surface area contributed by atoms with Crippen molar-refractivity contribution in [3.8, 4) is 0 Å². The van der Waals surface area contributed by atoms with Crippen LogP contribution in [0.4, 0.5) is 5.69 Å². The fraction of sp³-hybridized carbons (Fsp3) is 0.222. The Hall–Kier alpha value is -2.58. The quantitative estimate of drug-likeness (QED) is 0.768. The Balaban J connectivity index is 1.84. The predicted octanol–water partition coefficient (Wildman–Crippen LogP) is 2.05. The van der Waals surface area contributed by atoms with Gasteiger partial charge < -0.3 is 9.80 Å². The third-order valence-corrected chi connectivity index (χ3v) is 6.11. The van der Waals surface area contributed by atoms with E-state index in [1.54, 1.807) is 40.1 Å². The molecule has 27 heavy (non-hydrogen) atoms. The summed E-state index contributed by atoms with van der Waals surface area (Å²) in [6.07, 6.45) is 0.754. The molecule has 1 fully saturated rings. The number of nitrogens with one attached hydrogen (secondary N) is 1. The first-order valence-electron chi connectivity index (χ1n) is 8.27. The van der Waals surface area contributed by atoms with E-state index >= 15 is 0 Å². The molecule has 0 radical (unpaired) electrons. The minimum Gasteiger partial charge on any atom is -0.342 e. The summed E-state index contributed by atoms with van der Waals surface area (Å²) in [5.41, 5.74) is 0.627. The minimum absolute atomic E-state index is 0.0285. The third-order valence-electron chi connectivity index (χ3n) is 4.24. The number of hydrogen-bond acceptors (Lipinski definition) is 4. The molecule has 7 nitrogen and oxygen atoms in total. The van der Waals surface area contributed by atoms with E-state index in [0.717, 1.165) is 6.41 Å². The van der Waals surface area contributed by atoms with Crippen molar-refractivity contribution in [3.63, 3.8) is 0 Å². The molecule has 0 aromatic heterocycles. The molecule has 1 N–H and O–H groups in total. The van der Waals surface area contributed by atoms with Crippen molar-refractivity contribution in [2.24, 2.45) is 0 Å². The number of carbonyl (C=O) groups excluding carboxylic acids is 2. The lowest BCUT2D eigenvalue weighted by molar-refractivity contribution is -0.119. The zero-order valence-electron chi connectivity index (χ0n) is 14.3. The number of amides is 2. The number of para-hydroxylation sites is 1. The van der Waals surface area contributed by atoms with Gasteiger partial charge in [0.15, 0.2) is 0 Å². The van der Waals surface area contributed by atoms with Crippen LogP contribution in [0.5, 0.6) is 0 Å². The van der Waals surface area contributed by atoms with Gasteiger partial charge in [0.25, 0.3) is 15.9 Å². The van der Waals surface area contributed by atoms with Gasteiger partial charge in [-0.15, -0.1) is 0 Å². The summed E-state index contributed by atoms with van der Waals surface area (Å²) < 4.78 is 27.8. The van der Waals surface area contributed by atoms with Crippen LogP contribution in [-0.2, 0) is 14.8 Å². The molecule has 0 spiro atoms. The van der Waals surface area contributed by atoms with Crippen LogP contribution in [0, 0.1) is 0 Å². The molecule has 0 unspecified atom stereocenters. The van der Waals surface area contributed by atoms with E-state index in [1.165, 1.54) is 18.2 Å². The van der Waals surface area contributed by atoms with Gasteiger partial charge in [0.05, 0.1) is 5.02 Å². The van der Waals surface area contributed by atoms with E-state index < -0.39 is 10.0 Å². The Morgan fingerprint density at radius 3 is 2.33 bits per heavy atom. The maximum Gasteiger partial charge on any atom is 0.263 e. The van der Waals surface area contributed by atoms with Gasteiger partial charge in [-0.05, 0) is 30.3 Å². The largest absolute Gasteiger partial charge is 0.342 e. The van der Waals surface area contributed by atoms with Gasteiger partial charge in [0.2, 0.25) is 6.41 Å². The highest BCUT2D eigenvalue weighted by Crippen LogP contribution is 2.25. The molecular formula is C18H18ClN3O4S. The van der Waals surface area contributed by atoms with Crippen molar-refractivity contribution in [1.82, 2.24) is 9.80 Å². The molecule has 0 aliphatic carbocycles. The van der Waals surface area contributed by atoms with Crippen LogP contribution in [0.1, 0.15) is 10.4 Å². The molecule has 0 atom stereocenters. The average Bonchev–Trinajstić information content (AvgIpc) is 2.68. The van der Waals surface area contributed by atoms with Crippen molar-refractivity contribution >= 4 is 39.6 Å². The highest BCUT2D eigenvalue weighted by molar-refractivity contribution is 7.92. The number of benzene rings is 2. The van der Waals surface area contributed by atoms with E-state index in [4.69, 9.17) is 11.6 Å². The van der Waals surface area contributed by atoms with E-state index in [-0.39, 0.29) is 21.4 Å². The molecule has 1 heterocycles. The summed E-state index contributed by atoms with van der Waals surface area (Å²) in [4.78, 5) is 26.5. The van der Waals surface area contributed by atoms with E-state index in [1.807, 2.05) is 0 Å². The Labute approximate surface area is 162 Å². The topological polar surface area (TPSA) is 86.8 Å². The van der Waals surface area contributed by atoms with Crippen molar-refractivity contribution in [2.45, 2.75) is 4.90 Å². The number of hydrogen-bond donors (Lipinski definition) is 1. The normalized spacial score (nSPS) is 14.7. The molecular weight excluding hydrogens is 390 g/mol. The van der Waals surface area contributed by atoms with Crippen LogP contribution in [0.15, 0.2) is 53.4 Å². The monoisotopic (exact) mass is 407 g/mol. The lowest BCUT2D eigenvalue weighted by Crippen LogP contribution is -2.48. The molecule has 2 aromatic rings. The molecule has 9 heteroatoms. The zero-order valence-corrected chi connectivity index (χ0v) is 15.9. The second-order valence-electron chi connectivity index (χ2n) is 6.05. The summed E-state index contributed by atoms with van der Waals surface area (Å²) >= 11 is 6.09. The number of anilines is 1. The highest BCUT2D eigenvalue weighted by Gasteiger charge is 2.24. The molecule has 1 aliphatic rings. The Kier molecular flexibility index (Phi) is 5.67. The van der Waals surface area contributed by atoms with Gasteiger partial charge in [0, 0.05) is 37.4 Å². The molecule has 1 saturated heterocycles. The summed E-state index contributed by atoms with van der Waals surface area (Å²) in [5, 5.41) is 0.0285. The van der Waals surface area contributed by atoms with Gasteiger partial charge in [0.1, 0.15) is 4.90 Å². The first-order chi connectivity index (χ1) is 12.9. The molecule has 2 aromatic carbocycles. The number of carbonyl (C=O) groups is 2. The van der Waals surface area contributed by atoms with Gasteiger partial charge in [-0.25, -0.2) is 8.42 Å². The SMILES string of the molecule is O=CN1CCN(C(=O)c2ccc(Cl)c(S(=O)(=O)Nc3ccccc3)c2)CC1. The maximum absolute atomic E-state index is 12.7. The van der Waals surface area contributed by atoms with E-state index in [0.29, 0.717) is 31.9 Å². The molecule has 2 amide bonds. The highest BCUT2D eigenvalue weighted by atomic mass is 35.5. The van der Waals surface area contributed by atoms with Gasteiger partial charge in [-0.2, -0.15) is 0 Å². The van der Waals surface area contributed by atoms with Crippen LogP contribution in [0.3, 0.4) is 0 Å². The van der Waals surface area contributed by atoms with Crippen LogP contribution in [0.25, 0.3) is 0 Å². The smallest absolute Gasteiger partial charge is 0.263 e. The molecule has 0 saturated carbocycles. The summed E-state index contributed by atoms with van der Waals surface area (Å²) in [6, 6.07) is 12.6. The maximum atomic E-state index is 12.7. The summed E-state index contributed by atoms with van der Waals surface area (Å²) in [6.45, 7) is 1.68. The Morgan fingerprint density at radius 1 is 1.04 bits per heavy atom. The number of nitrogens with zero attached hydrogens (tertiary/aromatic N) is 2. The molecule has 3 rings (SSSR count). The van der Waals surface area contributed by atoms with Crippen LogP contribution >= 0.6 is 11.6 Å². The number of rotatable bonds is 5. The minimum atomic E-state index is -3.95. The predicted molar refractivity (Wildman–Crippen MR) is 102 cm³/mol. The van der Waals surface area contributed by atoms with Gasteiger partial charge in [-0.3, -0.25) is 14.3 Å². The standard InChI is InChI=1S/C18H18ClN3O4S/c19-16-7-6-14(18(24)22-10-8-21(13-23)9-11-22)12-17(16)27(25,26)20-15-4-2-1-3-5-15/h1-7,12-13,20H,8-11H2. The van der Waals surface area contributed by atoms with Crippen molar-refractivity contribution in [3.05, 3.63) is 59.1 Å². The second-order valence-corrected chi connectivity index (χ2v) is 8.11. The summed E-state index contributed by atoms with van der Waals surface area (Å²) in [5.74, 6) is -0.298. The van der Waals surface area contributed by atoms with E-state index in [9.17, 15) is 18.0 Å². The Bertz CT molecular complexity index is 942. The van der Waals surface area contributed by atoms with Crippen molar-refractivity contribution in [2.75, 3.05) is 30.9 Å². The third kappa shape index (κ3) is 4.40. The zero-order chi connectivity index (χ0) is 19.4. The van der Waals surface area contributed by atoms with Gasteiger partial charge >= 0.3 is 0 Å². The van der Waals surface area contributed by atoms with Crippen molar-refractivity contribution < 1.29 is 18.0 Å². The Morgan fingerprint density at radius 2 is 1.70 bits per heavy atom. The van der Waals surface area contributed by atoms with Gasteiger partial charge in [-0.1, -0.05) is 29.8 Å². The molecule has 142 valence electrons. The van der Waals surface area contributed by atoms with Crippen LogP contribution in [-0.4, -0.2) is 56.7 Å². The summed E-state index contributed by atoms with van der Waals surface area (Å²) in [7, 11) is -3.95. The lowest BCUT2D eigenvalue weighted by atomic mass is 10.2. The number of sulfonamides is 1. The number of piperazine rings is 1. The van der Waals surface area contributed by atoms with Crippen molar-refractivity contribution in [1.29, 1.82) is 0 Å². The fourth-order valence-electron chi connectivity index (χ4n) is 2.77. The first kappa shape index (κ1) is 19.2. The van der Waals surface area contributed by atoms with E-state index in [2.05, 4.69) is 4.72 Å². The molecule has 0 bridgehead atoms. The lowest BCUT2D eigenvalue weighted by Gasteiger charge is -2.32. The van der Waals surface area contributed by atoms with Crippen LogP contribution in [0.2, 0.25) is 5.02 Å². The number of halogens is 1. The fourth-order valence-corrected chi connectivity index (χ4v) is 4.36. The van der Waals surface area contributed by atoms with Crippen LogP contribution < -0.4 is 4.72 Å².